The fraction of sp³-hybridized carbons (Fsp3) is 0.154. The Labute approximate surface area is 99.1 Å². The van der Waals surface area contributed by atoms with E-state index in [1.807, 2.05) is 37.4 Å². The highest BCUT2D eigenvalue weighted by Gasteiger charge is 2.02. The summed E-state index contributed by atoms with van der Waals surface area (Å²) in [6.07, 6.45) is 2.87. The number of aromatic nitrogens is 1. The van der Waals surface area contributed by atoms with Crippen LogP contribution in [-0.2, 0) is 6.54 Å². The average molecular weight is 234 g/mol. The zero-order chi connectivity index (χ0) is 11.5. The largest absolute Gasteiger partial charge is 0.343 e. The van der Waals surface area contributed by atoms with Gasteiger partial charge in [0.2, 0.25) is 0 Å². The number of aldehydes is 1. The third-order valence-electron chi connectivity index (χ3n) is 2.54. The van der Waals surface area contributed by atoms with Crippen LogP contribution in [0.5, 0.6) is 0 Å². The van der Waals surface area contributed by atoms with Crippen molar-refractivity contribution in [3.05, 3.63) is 47.1 Å². The third kappa shape index (κ3) is 2.02. The maximum Gasteiger partial charge on any atom is 0.150 e. The first-order valence-corrected chi connectivity index (χ1v) is 5.48. The van der Waals surface area contributed by atoms with Gasteiger partial charge in [0.25, 0.3) is 0 Å². The summed E-state index contributed by atoms with van der Waals surface area (Å²) in [6, 6.07) is 7.70. The maximum atomic E-state index is 10.7. The predicted molar refractivity (Wildman–Crippen MR) is 66.9 cm³/mol. The van der Waals surface area contributed by atoms with Crippen LogP contribution in [0.25, 0.3) is 10.9 Å². The fourth-order valence-corrected chi connectivity index (χ4v) is 1.78. The molecule has 0 aliphatic carbocycles. The molecule has 0 atom stereocenters. The van der Waals surface area contributed by atoms with Crippen molar-refractivity contribution in [3.63, 3.8) is 0 Å². The highest BCUT2D eigenvalue weighted by Crippen LogP contribution is 2.18. The molecular formula is C13H12ClNO. The number of carbonyl (C=O) groups is 1. The molecule has 0 fully saturated rings. The van der Waals surface area contributed by atoms with Crippen molar-refractivity contribution in [2.75, 3.05) is 0 Å². The van der Waals surface area contributed by atoms with E-state index in [0.717, 1.165) is 29.3 Å². The molecular weight excluding hydrogens is 222 g/mol. The van der Waals surface area contributed by atoms with Gasteiger partial charge in [-0.3, -0.25) is 4.79 Å². The summed E-state index contributed by atoms with van der Waals surface area (Å²) in [4.78, 5) is 10.7. The molecule has 0 saturated heterocycles. The van der Waals surface area contributed by atoms with Gasteiger partial charge in [-0.25, -0.2) is 0 Å². The van der Waals surface area contributed by atoms with Crippen molar-refractivity contribution in [1.29, 1.82) is 0 Å². The zero-order valence-corrected chi connectivity index (χ0v) is 9.74. The number of carbonyl (C=O) groups excluding carboxylic acids is 1. The van der Waals surface area contributed by atoms with Gasteiger partial charge in [0.1, 0.15) is 6.29 Å². The van der Waals surface area contributed by atoms with E-state index in [2.05, 4.69) is 4.57 Å². The minimum Gasteiger partial charge on any atom is -0.343 e. The van der Waals surface area contributed by atoms with Gasteiger partial charge in [-0.05, 0) is 30.0 Å². The van der Waals surface area contributed by atoms with Gasteiger partial charge in [-0.1, -0.05) is 23.7 Å². The minimum absolute atomic E-state index is 0.694. The lowest BCUT2D eigenvalue weighted by atomic mass is 10.2. The molecule has 0 saturated carbocycles. The number of rotatable bonds is 3. The molecule has 16 heavy (non-hydrogen) atoms. The molecule has 2 aromatic rings. The van der Waals surface area contributed by atoms with Crippen LogP contribution in [-0.4, -0.2) is 10.9 Å². The Kier molecular flexibility index (Phi) is 3.11. The van der Waals surface area contributed by atoms with E-state index in [4.69, 9.17) is 11.6 Å². The predicted octanol–water partition coefficient (Wildman–Crippen LogP) is 3.60. The van der Waals surface area contributed by atoms with Crippen molar-refractivity contribution in [1.82, 2.24) is 4.57 Å². The number of hydrogen-bond acceptors (Lipinski definition) is 1. The summed E-state index contributed by atoms with van der Waals surface area (Å²) in [7, 11) is 0. The third-order valence-corrected chi connectivity index (χ3v) is 2.91. The van der Waals surface area contributed by atoms with Gasteiger partial charge in [0.05, 0.1) is 0 Å². The Morgan fingerprint density at radius 3 is 2.94 bits per heavy atom. The van der Waals surface area contributed by atoms with Crippen LogP contribution in [0, 0.1) is 0 Å². The minimum atomic E-state index is 0.694. The van der Waals surface area contributed by atoms with Gasteiger partial charge in [0, 0.05) is 29.4 Å². The highest BCUT2D eigenvalue weighted by molar-refractivity contribution is 6.25. The lowest BCUT2D eigenvalue weighted by Gasteiger charge is -2.05. The molecule has 82 valence electrons. The molecule has 0 unspecified atom stereocenters. The summed E-state index contributed by atoms with van der Waals surface area (Å²) in [5.74, 6) is 0. The van der Waals surface area contributed by atoms with Gasteiger partial charge >= 0.3 is 0 Å². The number of allylic oxidation sites excluding steroid dienone is 1. The summed E-state index contributed by atoms with van der Waals surface area (Å²) in [5.41, 5.74) is 4.41. The Balaban J connectivity index is 2.49. The Morgan fingerprint density at radius 1 is 1.44 bits per heavy atom. The lowest BCUT2D eigenvalue weighted by Crippen LogP contribution is -1.97. The number of benzene rings is 1. The number of fused-ring (bicyclic) bond motifs is 1. The van der Waals surface area contributed by atoms with E-state index >= 15 is 0 Å². The molecule has 0 amide bonds. The topological polar surface area (TPSA) is 22.0 Å². The average Bonchev–Trinajstić information content (AvgIpc) is 2.71. The van der Waals surface area contributed by atoms with Crippen molar-refractivity contribution in [3.8, 4) is 0 Å². The molecule has 0 spiro atoms. The molecule has 1 aromatic carbocycles. The van der Waals surface area contributed by atoms with Crippen molar-refractivity contribution < 1.29 is 4.79 Å². The fourth-order valence-electron chi connectivity index (χ4n) is 1.72. The van der Waals surface area contributed by atoms with Crippen LogP contribution in [0.15, 0.2) is 41.6 Å². The standard InChI is InChI=1S/C13H12ClNO/c1-10(7-14)8-15-5-4-12-3-2-11(9-16)6-13(12)15/h2-7,9H,8H2,1H3/b10-7-. The summed E-state index contributed by atoms with van der Waals surface area (Å²) >= 11 is 5.65. The first kappa shape index (κ1) is 11.0. The maximum absolute atomic E-state index is 10.7. The Bertz CT molecular complexity index is 554. The first-order chi connectivity index (χ1) is 7.74. The second-order valence-electron chi connectivity index (χ2n) is 3.84. The molecule has 1 aromatic heterocycles. The first-order valence-electron chi connectivity index (χ1n) is 5.04. The number of nitrogens with zero attached hydrogens (tertiary/aromatic N) is 1. The zero-order valence-electron chi connectivity index (χ0n) is 8.98. The van der Waals surface area contributed by atoms with Crippen molar-refractivity contribution in [2.24, 2.45) is 0 Å². The lowest BCUT2D eigenvalue weighted by molar-refractivity contribution is 0.112. The SMILES string of the molecule is C/C(=C/Cl)Cn1ccc2ccc(C=O)cc21. The van der Waals surface area contributed by atoms with E-state index in [1.165, 1.54) is 0 Å². The van der Waals surface area contributed by atoms with Gasteiger partial charge in [-0.15, -0.1) is 0 Å². The normalized spacial score (nSPS) is 12.0. The molecule has 0 aliphatic rings. The molecule has 0 radical (unpaired) electrons. The molecule has 0 aliphatic heterocycles. The summed E-state index contributed by atoms with van der Waals surface area (Å²) in [6.45, 7) is 2.72. The van der Waals surface area contributed by atoms with Crippen LogP contribution in [0.2, 0.25) is 0 Å². The monoisotopic (exact) mass is 233 g/mol. The summed E-state index contributed by atoms with van der Waals surface area (Å²) < 4.78 is 2.08. The van der Waals surface area contributed by atoms with E-state index in [9.17, 15) is 4.79 Å². The second-order valence-corrected chi connectivity index (χ2v) is 4.05. The van der Waals surface area contributed by atoms with Gasteiger partial charge in [0.15, 0.2) is 0 Å². The number of halogens is 1. The number of hydrogen-bond donors (Lipinski definition) is 0. The van der Waals surface area contributed by atoms with E-state index in [-0.39, 0.29) is 0 Å². The highest BCUT2D eigenvalue weighted by atomic mass is 35.5. The molecule has 3 heteroatoms. The van der Waals surface area contributed by atoms with Crippen LogP contribution in [0.4, 0.5) is 0 Å². The second kappa shape index (κ2) is 4.54. The van der Waals surface area contributed by atoms with E-state index < -0.39 is 0 Å². The van der Waals surface area contributed by atoms with Gasteiger partial charge in [-0.2, -0.15) is 0 Å². The quantitative estimate of drug-likeness (QED) is 0.743. The Morgan fingerprint density at radius 2 is 2.25 bits per heavy atom. The molecule has 0 bridgehead atoms. The van der Waals surface area contributed by atoms with Crippen LogP contribution >= 0.6 is 11.6 Å². The van der Waals surface area contributed by atoms with Crippen molar-refractivity contribution in [2.45, 2.75) is 13.5 Å². The smallest absolute Gasteiger partial charge is 0.150 e. The van der Waals surface area contributed by atoms with Crippen LogP contribution < -0.4 is 0 Å². The Hall–Kier alpha value is -1.54. The van der Waals surface area contributed by atoms with Crippen LogP contribution in [0.1, 0.15) is 17.3 Å². The molecule has 0 N–H and O–H groups in total. The molecule has 2 rings (SSSR count). The summed E-state index contributed by atoms with van der Waals surface area (Å²) in [5, 5.41) is 1.13. The van der Waals surface area contributed by atoms with Gasteiger partial charge < -0.3 is 4.57 Å². The van der Waals surface area contributed by atoms with E-state index in [1.54, 1.807) is 5.54 Å². The molecule has 1 heterocycles. The van der Waals surface area contributed by atoms with E-state index in [0.29, 0.717) is 5.56 Å². The van der Waals surface area contributed by atoms with Crippen molar-refractivity contribution >= 4 is 28.8 Å². The van der Waals surface area contributed by atoms with Crippen LogP contribution in [0.3, 0.4) is 0 Å². The molecule has 2 nitrogen and oxygen atoms in total.